The zero-order valence-electron chi connectivity index (χ0n) is 16.2. The average Bonchev–Trinajstić information content (AvgIpc) is 2.71. The highest BCUT2D eigenvalue weighted by atomic mass is 16.7. The van der Waals surface area contributed by atoms with Crippen LogP contribution in [0, 0.1) is 6.92 Å². The number of fused-ring (bicyclic) bond motifs is 2. The fourth-order valence-electron chi connectivity index (χ4n) is 3.85. The molecular formula is C21H20O10. The summed E-state index contributed by atoms with van der Waals surface area (Å²) >= 11 is 0. The molecule has 0 aromatic heterocycles. The Balaban J connectivity index is 1.79. The molecule has 0 saturated carbocycles. The third-order valence-corrected chi connectivity index (χ3v) is 5.38. The van der Waals surface area contributed by atoms with E-state index in [2.05, 4.69) is 0 Å². The molecule has 0 amide bonds. The van der Waals surface area contributed by atoms with Crippen LogP contribution in [0.25, 0.3) is 0 Å². The van der Waals surface area contributed by atoms with E-state index in [1.165, 1.54) is 12.1 Å². The molecule has 0 radical (unpaired) electrons. The number of benzene rings is 2. The van der Waals surface area contributed by atoms with Crippen LogP contribution in [0.15, 0.2) is 24.3 Å². The van der Waals surface area contributed by atoms with Crippen LogP contribution in [0.2, 0.25) is 0 Å². The van der Waals surface area contributed by atoms with Gasteiger partial charge in [0.15, 0.2) is 5.78 Å². The molecule has 6 N–H and O–H groups in total. The number of hydrogen-bond donors (Lipinski definition) is 6. The Morgan fingerprint density at radius 2 is 1.58 bits per heavy atom. The summed E-state index contributed by atoms with van der Waals surface area (Å²) in [6.07, 6.45) is -8.02. The number of aliphatic hydroxyl groups is 4. The maximum absolute atomic E-state index is 13.2. The van der Waals surface area contributed by atoms with E-state index >= 15 is 0 Å². The van der Waals surface area contributed by atoms with E-state index in [1.54, 1.807) is 6.92 Å². The molecule has 5 atom stereocenters. The number of phenolic OH excluding ortho intramolecular Hbond substituents is 2. The standard InChI is InChI=1S/C21H20O10/c1-7-2-9-14(11(24)3-7)18(27)15-10(16(9)25)4-8(23)5-12(15)30-21-20(29)19(28)17(26)13(6-22)31-21/h2-5,13,17,19-24,26,28-29H,6H2,1H3/t13-,17+,19-,20+,21+/m0/s1. The summed E-state index contributed by atoms with van der Waals surface area (Å²) in [5.41, 5.74) is -0.154. The Morgan fingerprint density at radius 3 is 2.26 bits per heavy atom. The van der Waals surface area contributed by atoms with Crippen molar-refractivity contribution in [1.29, 1.82) is 0 Å². The van der Waals surface area contributed by atoms with Crippen LogP contribution in [-0.2, 0) is 4.74 Å². The second-order valence-electron chi connectivity index (χ2n) is 7.55. The van der Waals surface area contributed by atoms with Gasteiger partial charge in [-0.2, -0.15) is 0 Å². The molecule has 1 aliphatic carbocycles. The lowest BCUT2D eigenvalue weighted by atomic mass is 9.82. The van der Waals surface area contributed by atoms with Gasteiger partial charge in [0.05, 0.1) is 17.7 Å². The van der Waals surface area contributed by atoms with Gasteiger partial charge in [0.25, 0.3) is 0 Å². The molecule has 31 heavy (non-hydrogen) atoms. The molecule has 0 unspecified atom stereocenters. The Labute approximate surface area is 175 Å². The van der Waals surface area contributed by atoms with E-state index in [9.17, 15) is 40.2 Å². The highest BCUT2D eigenvalue weighted by molar-refractivity contribution is 6.30. The lowest BCUT2D eigenvalue weighted by Gasteiger charge is -2.39. The normalized spacial score (nSPS) is 27.6. The van der Waals surface area contributed by atoms with Crippen molar-refractivity contribution in [2.24, 2.45) is 0 Å². The molecule has 2 aromatic rings. The first-order valence-corrected chi connectivity index (χ1v) is 9.41. The Morgan fingerprint density at radius 1 is 0.903 bits per heavy atom. The van der Waals surface area contributed by atoms with Gasteiger partial charge in [-0.1, -0.05) is 0 Å². The zero-order chi connectivity index (χ0) is 22.6. The summed E-state index contributed by atoms with van der Waals surface area (Å²) < 4.78 is 10.8. The Bertz CT molecular complexity index is 1080. The minimum Gasteiger partial charge on any atom is -0.508 e. The molecule has 1 fully saturated rings. The molecule has 10 nitrogen and oxygen atoms in total. The van der Waals surface area contributed by atoms with Gasteiger partial charge in [0, 0.05) is 17.2 Å². The lowest BCUT2D eigenvalue weighted by Crippen LogP contribution is -2.60. The van der Waals surface area contributed by atoms with Crippen molar-refractivity contribution in [3.63, 3.8) is 0 Å². The molecule has 4 rings (SSSR count). The highest BCUT2D eigenvalue weighted by Crippen LogP contribution is 2.40. The zero-order valence-corrected chi connectivity index (χ0v) is 16.2. The van der Waals surface area contributed by atoms with Crippen molar-refractivity contribution < 1.29 is 49.7 Å². The number of aliphatic hydroxyl groups excluding tert-OH is 4. The minimum atomic E-state index is -1.77. The van der Waals surface area contributed by atoms with Crippen LogP contribution >= 0.6 is 0 Å². The Hall–Kier alpha value is -3.02. The first-order valence-electron chi connectivity index (χ1n) is 9.41. The van der Waals surface area contributed by atoms with Gasteiger partial charge < -0.3 is 40.1 Å². The first kappa shape index (κ1) is 21.2. The maximum Gasteiger partial charge on any atom is 0.229 e. The number of hydrogen-bond acceptors (Lipinski definition) is 10. The third-order valence-electron chi connectivity index (χ3n) is 5.38. The number of aromatic hydroxyl groups is 2. The predicted molar refractivity (Wildman–Crippen MR) is 102 cm³/mol. The summed E-state index contributed by atoms with van der Waals surface area (Å²) in [5, 5.41) is 59.8. The second kappa shape index (κ2) is 7.59. The van der Waals surface area contributed by atoms with Crippen molar-refractivity contribution >= 4 is 11.6 Å². The molecule has 0 spiro atoms. The van der Waals surface area contributed by atoms with Crippen LogP contribution < -0.4 is 4.74 Å². The third kappa shape index (κ3) is 3.34. The van der Waals surface area contributed by atoms with Crippen molar-refractivity contribution in [1.82, 2.24) is 0 Å². The Kier molecular flexibility index (Phi) is 5.20. The van der Waals surface area contributed by atoms with Gasteiger partial charge in [-0.05, 0) is 30.7 Å². The van der Waals surface area contributed by atoms with Gasteiger partial charge >= 0.3 is 0 Å². The lowest BCUT2D eigenvalue weighted by molar-refractivity contribution is -0.277. The van der Waals surface area contributed by atoms with Crippen molar-refractivity contribution in [2.75, 3.05) is 6.61 Å². The van der Waals surface area contributed by atoms with Gasteiger partial charge in [0.2, 0.25) is 12.1 Å². The van der Waals surface area contributed by atoms with Crippen molar-refractivity contribution in [3.8, 4) is 17.2 Å². The van der Waals surface area contributed by atoms with Gasteiger partial charge in [0.1, 0.15) is 41.7 Å². The number of carbonyl (C=O) groups excluding carboxylic acids is 2. The van der Waals surface area contributed by atoms with E-state index in [4.69, 9.17) is 9.47 Å². The van der Waals surface area contributed by atoms with Crippen LogP contribution in [-0.4, -0.2) is 79.5 Å². The maximum atomic E-state index is 13.2. The number of phenols is 2. The molecule has 2 aromatic carbocycles. The molecule has 164 valence electrons. The van der Waals surface area contributed by atoms with E-state index in [-0.39, 0.29) is 28.0 Å². The van der Waals surface area contributed by atoms with E-state index < -0.39 is 60.4 Å². The topological polar surface area (TPSA) is 174 Å². The van der Waals surface area contributed by atoms with E-state index in [0.717, 1.165) is 12.1 Å². The van der Waals surface area contributed by atoms with Crippen molar-refractivity contribution in [2.45, 2.75) is 37.6 Å². The molecule has 1 aliphatic heterocycles. The summed E-state index contributed by atoms with van der Waals surface area (Å²) in [7, 11) is 0. The van der Waals surface area contributed by atoms with E-state index in [1.807, 2.05) is 0 Å². The average molecular weight is 432 g/mol. The molecule has 1 heterocycles. The fourth-order valence-corrected chi connectivity index (χ4v) is 3.85. The summed E-state index contributed by atoms with van der Waals surface area (Å²) in [6.45, 7) is 0.949. The van der Waals surface area contributed by atoms with Crippen LogP contribution in [0.5, 0.6) is 17.2 Å². The number of ether oxygens (including phenoxy) is 2. The van der Waals surface area contributed by atoms with Crippen LogP contribution in [0.3, 0.4) is 0 Å². The van der Waals surface area contributed by atoms with Gasteiger partial charge in [-0.25, -0.2) is 0 Å². The fraction of sp³-hybridized carbons (Fsp3) is 0.333. The number of ketones is 2. The molecule has 0 bridgehead atoms. The summed E-state index contributed by atoms with van der Waals surface area (Å²) in [6, 6.07) is 4.87. The van der Waals surface area contributed by atoms with Crippen LogP contribution in [0.4, 0.5) is 0 Å². The minimum absolute atomic E-state index is 0.0283. The quantitative estimate of drug-likeness (QED) is 0.312. The number of carbonyl (C=O) groups is 2. The summed E-state index contributed by atoms with van der Waals surface area (Å²) in [4.78, 5) is 26.2. The second-order valence-corrected chi connectivity index (χ2v) is 7.55. The van der Waals surface area contributed by atoms with Gasteiger partial charge in [-0.3, -0.25) is 9.59 Å². The smallest absolute Gasteiger partial charge is 0.229 e. The molecule has 2 aliphatic rings. The number of rotatable bonds is 3. The molecule has 10 heteroatoms. The van der Waals surface area contributed by atoms with E-state index in [0.29, 0.717) is 5.56 Å². The monoisotopic (exact) mass is 432 g/mol. The largest absolute Gasteiger partial charge is 0.508 e. The molecule has 1 saturated heterocycles. The van der Waals surface area contributed by atoms with Crippen molar-refractivity contribution in [3.05, 3.63) is 52.1 Å². The first-order chi connectivity index (χ1) is 14.6. The number of aryl methyl sites for hydroxylation is 1. The van der Waals surface area contributed by atoms with Crippen LogP contribution in [0.1, 0.15) is 37.4 Å². The SMILES string of the molecule is Cc1cc(O)c2c(c1)C(=O)c1cc(O)cc(O[C@@H]3O[C@@H](CO)[C@@H](O)[C@H](O)[C@H]3O)c1C2=O. The predicted octanol–water partition coefficient (Wildman–Crippen LogP) is -0.640. The molecular weight excluding hydrogens is 412 g/mol. The highest BCUT2D eigenvalue weighted by Gasteiger charge is 2.45. The van der Waals surface area contributed by atoms with Gasteiger partial charge in [-0.15, -0.1) is 0 Å². The summed E-state index contributed by atoms with van der Waals surface area (Å²) in [5.74, 6) is -2.53.